The van der Waals surface area contributed by atoms with Gasteiger partial charge in [0.25, 0.3) is 0 Å². The zero-order valence-corrected chi connectivity index (χ0v) is 12.7. The molecule has 1 N–H and O–H groups in total. The largest absolute Gasteiger partial charge is 0.317 e. The summed E-state index contributed by atoms with van der Waals surface area (Å²) in [5, 5.41) is 3.43. The molecule has 1 heteroatoms. The van der Waals surface area contributed by atoms with Gasteiger partial charge in [-0.2, -0.15) is 0 Å². The van der Waals surface area contributed by atoms with Gasteiger partial charge in [-0.15, -0.1) is 0 Å². The molecule has 0 spiro atoms. The van der Waals surface area contributed by atoms with Crippen LogP contribution >= 0.6 is 0 Å². The smallest absolute Gasteiger partial charge is 0.00870 e. The van der Waals surface area contributed by atoms with Crippen molar-refractivity contribution in [3.05, 3.63) is 0 Å². The normalized spacial score (nSPS) is 14.8. The van der Waals surface area contributed by atoms with Crippen LogP contribution in [0.5, 0.6) is 0 Å². The minimum absolute atomic E-state index is 0.722. The fourth-order valence-electron chi connectivity index (χ4n) is 2.69. The molecule has 0 saturated heterocycles. The Labute approximate surface area is 110 Å². The van der Waals surface area contributed by atoms with E-state index in [1.54, 1.807) is 0 Å². The van der Waals surface area contributed by atoms with Crippen LogP contribution in [0.4, 0.5) is 0 Å². The summed E-state index contributed by atoms with van der Waals surface area (Å²) in [6.07, 6.45) is 14.1. The molecule has 0 aliphatic carbocycles. The van der Waals surface area contributed by atoms with Gasteiger partial charge in [0.2, 0.25) is 0 Å². The molecule has 0 aromatic rings. The van der Waals surface area contributed by atoms with Crippen molar-refractivity contribution >= 4 is 0 Å². The molecule has 0 amide bonds. The van der Waals surface area contributed by atoms with Crippen molar-refractivity contribution < 1.29 is 0 Å². The second-order valence-corrected chi connectivity index (χ2v) is 5.54. The molecule has 0 aliphatic heterocycles. The van der Waals surface area contributed by atoms with Gasteiger partial charge < -0.3 is 5.32 Å². The molecule has 0 saturated carbocycles. The third-order valence-corrected chi connectivity index (χ3v) is 4.01. The van der Waals surface area contributed by atoms with Crippen molar-refractivity contribution in [3.63, 3.8) is 0 Å². The Kier molecular flexibility index (Phi) is 12.4. The third-order valence-electron chi connectivity index (χ3n) is 4.01. The molecular formula is C16H35N. The Hall–Kier alpha value is -0.0400. The summed E-state index contributed by atoms with van der Waals surface area (Å²) in [5.41, 5.74) is 0. The van der Waals surface area contributed by atoms with Crippen LogP contribution in [-0.2, 0) is 0 Å². The molecule has 2 atom stereocenters. The van der Waals surface area contributed by atoms with Crippen LogP contribution in [0, 0.1) is 5.92 Å². The first-order valence-corrected chi connectivity index (χ1v) is 7.93. The van der Waals surface area contributed by atoms with Crippen LogP contribution in [0.25, 0.3) is 0 Å². The van der Waals surface area contributed by atoms with Gasteiger partial charge in [-0.05, 0) is 25.8 Å². The molecule has 17 heavy (non-hydrogen) atoms. The molecule has 0 aromatic carbocycles. The first-order chi connectivity index (χ1) is 8.26. The van der Waals surface area contributed by atoms with Gasteiger partial charge in [0, 0.05) is 6.04 Å². The van der Waals surface area contributed by atoms with E-state index in [4.69, 9.17) is 0 Å². The van der Waals surface area contributed by atoms with Crippen molar-refractivity contribution in [1.29, 1.82) is 0 Å². The van der Waals surface area contributed by atoms with Gasteiger partial charge >= 0.3 is 0 Å². The molecule has 0 heterocycles. The lowest BCUT2D eigenvalue weighted by atomic mass is 9.93. The summed E-state index contributed by atoms with van der Waals surface area (Å²) in [6.45, 7) is 6.96. The van der Waals surface area contributed by atoms with Crippen LogP contribution in [0.1, 0.15) is 85.0 Å². The fourth-order valence-corrected chi connectivity index (χ4v) is 2.69. The highest BCUT2D eigenvalue weighted by Crippen LogP contribution is 2.16. The monoisotopic (exact) mass is 241 g/mol. The maximum absolute atomic E-state index is 3.43. The van der Waals surface area contributed by atoms with Crippen LogP contribution in [-0.4, -0.2) is 13.1 Å². The molecule has 1 nitrogen and oxygen atoms in total. The Morgan fingerprint density at radius 3 is 1.82 bits per heavy atom. The average molecular weight is 241 g/mol. The van der Waals surface area contributed by atoms with E-state index in [1.807, 2.05) is 0 Å². The summed E-state index contributed by atoms with van der Waals surface area (Å²) >= 11 is 0. The first-order valence-electron chi connectivity index (χ1n) is 7.93. The predicted octanol–water partition coefficient (Wildman–Crippen LogP) is 5.15. The van der Waals surface area contributed by atoms with Crippen LogP contribution < -0.4 is 5.32 Å². The molecular weight excluding hydrogens is 206 g/mol. The van der Waals surface area contributed by atoms with Crippen molar-refractivity contribution in [2.75, 3.05) is 7.05 Å². The molecule has 0 bridgehead atoms. The highest BCUT2D eigenvalue weighted by Gasteiger charge is 2.12. The van der Waals surface area contributed by atoms with Crippen molar-refractivity contribution in [1.82, 2.24) is 5.32 Å². The van der Waals surface area contributed by atoms with Gasteiger partial charge in [-0.1, -0.05) is 72.1 Å². The number of unbranched alkanes of at least 4 members (excludes halogenated alkanes) is 7. The highest BCUT2D eigenvalue weighted by molar-refractivity contribution is 4.69. The minimum Gasteiger partial charge on any atom is -0.317 e. The summed E-state index contributed by atoms with van der Waals surface area (Å²) in [4.78, 5) is 0. The molecule has 104 valence electrons. The SMILES string of the molecule is CCCCCCCCCCC(C)C(CC)NC. The van der Waals surface area contributed by atoms with Gasteiger partial charge in [-0.3, -0.25) is 0 Å². The number of rotatable bonds is 12. The molecule has 0 aliphatic rings. The zero-order valence-electron chi connectivity index (χ0n) is 12.7. The Bertz CT molecular complexity index is 140. The second kappa shape index (κ2) is 12.4. The molecule has 0 fully saturated rings. The summed E-state index contributed by atoms with van der Waals surface area (Å²) in [6, 6.07) is 0.722. The van der Waals surface area contributed by atoms with Crippen molar-refractivity contribution in [3.8, 4) is 0 Å². The number of hydrogen-bond donors (Lipinski definition) is 1. The van der Waals surface area contributed by atoms with E-state index in [0.717, 1.165) is 12.0 Å². The van der Waals surface area contributed by atoms with Crippen molar-refractivity contribution in [2.45, 2.75) is 91.0 Å². The summed E-state index contributed by atoms with van der Waals surface area (Å²) in [7, 11) is 2.10. The van der Waals surface area contributed by atoms with Crippen LogP contribution in [0.15, 0.2) is 0 Å². The standard InChI is InChI=1S/C16H35N/c1-5-7-8-9-10-11-12-13-14-15(3)16(6-2)17-4/h15-17H,5-14H2,1-4H3. The van der Waals surface area contributed by atoms with E-state index in [0.29, 0.717) is 0 Å². The van der Waals surface area contributed by atoms with E-state index in [2.05, 4.69) is 33.1 Å². The third kappa shape index (κ3) is 9.64. The number of hydrogen-bond acceptors (Lipinski definition) is 1. The van der Waals surface area contributed by atoms with Gasteiger partial charge in [0.1, 0.15) is 0 Å². The summed E-state index contributed by atoms with van der Waals surface area (Å²) < 4.78 is 0. The predicted molar refractivity (Wildman–Crippen MR) is 79.5 cm³/mol. The lowest BCUT2D eigenvalue weighted by Crippen LogP contribution is -2.31. The van der Waals surface area contributed by atoms with E-state index < -0.39 is 0 Å². The minimum atomic E-state index is 0.722. The van der Waals surface area contributed by atoms with E-state index in [1.165, 1.54) is 64.2 Å². The fraction of sp³-hybridized carbons (Fsp3) is 1.00. The topological polar surface area (TPSA) is 12.0 Å². The maximum atomic E-state index is 3.43. The van der Waals surface area contributed by atoms with Crippen LogP contribution in [0.3, 0.4) is 0 Å². The molecule has 2 unspecified atom stereocenters. The van der Waals surface area contributed by atoms with E-state index in [9.17, 15) is 0 Å². The zero-order chi connectivity index (χ0) is 12.9. The summed E-state index contributed by atoms with van der Waals surface area (Å²) in [5.74, 6) is 0.838. The quantitative estimate of drug-likeness (QED) is 0.466. The average Bonchev–Trinajstić information content (AvgIpc) is 2.34. The van der Waals surface area contributed by atoms with Gasteiger partial charge in [-0.25, -0.2) is 0 Å². The second-order valence-electron chi connectivity index (χ2n) is 5.54. The Morgan fingerprint density at radius 1 is 0.824 bits per heavy atom. The lowest BCUT2D eigenvalue weighted by Gasteiger charge is -2.21. The van der Waals surface area contributed by atoms with E-state index >= 15 is 0 Å². The van der Waals surface area contributed by atoms with E-state index in [-0.39, 0.29) is 0 Å². The molecule has 0 aromatic heterocycles. The molecule has 0 radical (unpaired) electrons. The Morgan fingerprint density at radius 2 is 1.35 bits per heavy atom. The lowest BCUT2D eigenvalue weighted by molar-refractivity contribution is 0.355. The van der Waals surface area contributed by atoms with Crippen molar-refractivity contribution in [2.24, 2.45) is 5.92 Å². The Balaban J connectivity index is 3.27. The number of nitrogens with one attached hydrogen (secondary N) is 1. The highest BCUT2D eigenvalue weighted by atomic mass is 14.9. The first kappa shape index (κ1) is 17.0. The molecule has 0 rings (SSSR count). The van der Waals surface area contributed by atoms with Gasteiger partial charge in [0.15, 0.2) is 0 Å². The van der Waals surface area contributed by atoms with Gasteiger partial charge in [0.05, 0.1) is 0 Å². The van der Waals surface area contributed by atoms with Crippen LogP contribution in [0.2, 0.25) is 0 Å². The maximum Gasteiger partial charge on any atom is 0.00870 e.